The number of nitrogens with zero attached hydrogens (tertiary/aromatic N) is 2. The molecule has 0 bridgehead atoms. The monoisotopic (exact) mass is 281 g/mol. The van der Waals surface area contributed by atoms with E-state index >= 15 is 0 Å². The molecule has 1 aliphatic rings. The summed E-state index contributed by atoms with van der Waals surface area (Å²) in [5.74, 6) is 0.975. The van der Waals surface area contributed by atoms with Gasteiger partial charge in [-0.2, -0.15) is 0 Å². The van der Waals surface area contributed by atoms with Crippen molar-refractivity contribution in [1.29, 1.82) is 0 Å². The van der Waals surface area contributed by atoms with Crippen LogP contribution in [-0.2, 0) is 16.0 Å². The fraction of sp³-hybridized carbons (Fsp3) is 0.800. The molecule has 1 saturated heterocycles. The second-order valence-electron chi connectivity index (χ2n) is 5.75. The molecule has 0 spiro atoms. The van der Waals surface area contributed by atoms with E-state index in [-0.39, 0.29) is 5.54 Å². The van der Waals surface area contributed by atoms with Crippen molar-refractivity contribution in [3.63, 3.8) is 0 Å². The number of nitrogens with one attached hydrogen (secondary N) is 1. The molecule has 2 rings (SSSR count). The van der Waals surface area contributed by atoms with Crippen LogP contribution < -0.4 is 5.32 Å². The largest absolute Gasteiger partial charge is 0.382 e. The Morgan fingerprint density at radius 3 is 2.90 bits per heavy atom. The number of rotatable bonds is 7. The van der Waals surface area contributed by atoms with Crippen LogP contribution in [0, 0.1) is 6.92 Å². The lowest BCUT2D eigenvalue weighted by molar-refractivity contribution is 0.0654. The highest BCUT2D eigenvalue weighted by atomic mass is 16.5. The Bertz CT molecular complexity index is 411. The summed E-state index contributed by atoms with van der Waals surface area (Å²) < 4.78 is 13.1. The normalized spacial score (nSPS) is 18.1. The number of hydrogen-bond acceptors (Lipinski definition) is 4. The van der Waals surface area contributed by atoms with E-state index in [1.54, 1.807) is 0 Å². The molecular formula is C15H27N3O2. The van der Waals surface area contributed by atoms with Gasteiger partial charge in [0.1, 0.15) is 0 Å². The second-order valence-corrected chi connectivity index (χ2v) is 5.75. The first kappa shape index (κ1) is 15.3. The molecule has 0 amide bonds. The smallest absolute Gasteiger partial charge is 0.203 e. The van der Waals surface area contributed by atoms with Gasteiger partial charge in [0.15, 0.2) is 0 Å². The zero-order valence-electron chi connectivity index (χ0n) is 12.9. The summed E-state index contributed by atoms with van der Waals surface area (Å²) in [7, 11) is 0. The number of imidazole rings is 1. The molecule has 0 aliphatic carbocycles. The molecule has 1 aromatic heterocycles. The topological polar surface area (TPSA) is 48.3 Å². The van der Waals surface area contributed by atoms with Gasteiger partial charge in [-0.1, -0.05) is 0 Å². The predicted octanol–water partition coefficient (Wildman–Crippen LogP) is 2.60. The summed E-state index contributed by atoms with van der Waals surface area (Å²) in [6, 6.07) is 0. The molecule has 20 heavy (non-hydrogen) atoms. The first-order valence-corrected chi connectivity index (χ1v) is 7.60. The van der Waals surface area contributed by atoms with Gasteiger partial charge in [-0.3, -0.25) is 0 Å². The number of anilines is 1. The molecule has 1 aromatic rings. The van der Waals surface area contributed by atoms with Gasteiger partial charge < -0.3 is 19.4 Å². The van der Waals surface area contributed by atoms with Crippen molar-refractivity contribution in [3.05, 3.63) is 11.9 Å². The summed E-state index contributed by atoms with van der Waals surface area (Å²) in [6.45, 7) is 10.5. The van der Waals surface area contributed by atoms with Crippen molar-refractivity contribution in [3.8, 4) is 0 Å². The second kappa shape index (κ2) is 7.09. The summed E-state index contributed by atoms with van der Waals surface area (Å²) >= 11 is 0. The van der Waals surface area contributed by atoms with Crippen LogP contribution in [-0.4, -0.2) is 41.5 Å². The van der Waals surface area contributed by atoms with Crippen molar-refractivity contribution >= 4 is 5.95 Å². The van der Waals surface area contributed by atoms with E-state index in [9.17, 15) is 0 Å². The van der Waals surface area contributed by atoms with Crippen molar-refractivity contribution in [1.82, 2.24) is 9.55 Å². The van der Waals surface area contributed by atoms with E-state index in [0.29, 0.717) is 0 Å². The minimum atomic E-state index is 0.0910. The van der Waals surface area contributed by atoms with E-state index in [2.05, 4.69) is 28.0 Å². The van der Waals surface area contributed by atoms with Crippen LogP contribution in [0.4, 0.5) is 5.95 Å². The van der Waals surface area contributed by atoms with Gasteiger partial charge in [0.05, 0.1) is 5.69 Å². The van der Waals surface area contributed by atoms with Gasteiger partial charge in [-0.05, 0) is 40.0 Å². The van der Waals surface area contributed by atoms with Crippen LogP contribution in [0.1, 0.15) is 38.8 Å². The van der Waals surface area contributed by atoms with Crippen molar-refractivity contribution in [2.24, 2.45) is 0 Å². The fourth-order valence-electron chi connectivity index (χ4n) is 2.52. The zero-order chi connectivity index (χ0) is 14.4. The molecule has 0 atom stereocenters. The van der Waals surface area contributed by atoms with Gasteiger partial charge in [-0.25, -0.2) is 4.98 Å². The maximum atomic E-state index is 5.45. The van der Waals surface area contributed by atoms with Crippen LogP contribution >= 0.6 is 0 Å². The molecule has 1 aliphatic heterocycles. The lowest BCUT2D eigenvalue weighted by Crippen LogP contribution is -2.41. The van der Waals surface area contributed by atoms with Gasteiger partial charge in [0.2, 0.25) is 5.95 Å². The standard InChI is InChI=1S/C15H27N3O2/c1-4-19-9-5-8-18-12-13(2)16-14(18)17-15(3)6-10-20-11-7-15/h12H,4-11H2,1-3H3,(H,16,17). The zero-order valence-corrected chi connectivity index (χ0v) is 12.9. The summed E-state index contributed by atoms with van der Waals surface area (Å²) in [5, 5.41) is 3.62. The third-order valence-electron chi connectivity index (χ3n) is 3.80. The van der Waals surface area contributed by atoms with Gasteiger partial charge in [-0.15, -0.1) is 0 Å². The number of aryl methyl sites for hydroxylation is 2. The van der Waals surface area contributed by atoms with E-state index in [1.165, 1.54) is 0 Å². The molecule has 2 heterocycles. The molecule has 1 N–H and O–H groups in total. The Labute approximate surface area is 121 Å². The minimum Gasteiger partial charge on any atom is -0.382 e. The molecule has 114 valence electrons. The maximum Gasteiger partial charge on any atom is 0.203 e. The van der Waals surface area contributed by atoms with Crippen LogP contribution in [0.25, 0.3) is 0 Å². The Hall–Kier alpha value is -1.07. The molecule has 0 unspecified atom stereocenters. The summed E-state index contributed by atoms with van der Waals surface area (Å²) in [6.07, 6.45) is 5.17. The van der Waals surface area contributed by atoms with Crippen LogP contribution in [0.3, 0.4) is 0 Å². The Morgan fingerprint density at radius 2 is 2.20 bits per heavy atom. The molecule has 5 nitrogen and oxygen atoms in total. The highest BCUT2D eigenvalue weighted by Crippen LogP contribution is 2.25. The van der Waals surface area contributed by atoms with E-state index in [0.717, 1.165) is 63.9 Å². The van der Waals surface area contributed by atoms with Crippen molar-refractivity contribution in [2.75, 3.05) is 31.7 Å². The third kappa shape index (κ3) is 4.21. The Balaban J connectivity index is 1.96. The highest BCUT2D eigenvalue weighted by Gasteiger charge is 2.28. The lowest BCUT2D eigenvalue weighted by atomic mass is 9.93. The molecule has 5 heteroatoms. The lowest BCUT2D eigenvalue weighted by Gasteiger charge is -2.35. The number of aromatic nitrogens is 2. The molecule has 0 saturated carbocycles. The summed E-state index contributed by atoms with van der Waals surface area (Å²) in [5.41, 5.74) is 1.15. The van der Waals surface area contributed by atoms with Crippen LogP contribution in [0.2, 0.25) is 0 Å². The average Bonchev–Trinajstić information content (AvgIpc) is 2.75. The highest BCUT2D eigenvalue weighted by molar-refractivity contribution is 5.33. The van der Waals surface area contributed by atoms with Crippen LogP contribution in [0.5, 0.6) is 0 Å². The first-order chi connectivity index (χ1) is 9.63. The quantitative estimate of drug-likeness (QED) is 0.780. The fourth-order valence-corrected chi connectivity index (χ4v) is 2.52. The summed E-state index contributed by atoms with van der Waals surface area (Å²) in [4.78, 5) is 4.62. The Kier molecular flexibility index (Phi) is 5.43. The van der Waals surface area contributed by atoms with Gasteiger partial charge in [0.25, 0.3) is 0 Å². The van der Waals surface area contributed by atoms with E-state index < -0.39 is 0 Å². The van der Waals surface area contributed by atoms with Crippen molar-refractivity contribution < 1.29 is 9.47 Å². The third-order valence-corrected chi connectivity index (χ3v) is 3.80. The van der Waals surface area contributed by atoms with Gasteiger partial charge in [0, 0.05) is 44.7 Å². The molecule has 0 radical (unpaired) electrons. The maximum absolute atomic E-state index is 5.45. The van der Waals surface area contributed by atoms with Crippen molar-refractivity contribution in [2.45, 2.75) is 52.1 Å². The predicted molar refractivity (Wildman–Crippen MR) is 80.2 cm³/mol. The minimum absolute atomic E-state index is 0.0910. The SMILES string of the molecule is CCOCCCn1cc(C)nc1NC1(C)CCOCC1. The number of hydrogen-bond donors (Lipinski definition) is 1. The van der Waals surface area contributed by atoms with Gasteiger partial charge >= 0.3 is 0 Å². The molecule has 1 fully saturated rings. The number of ether oxygens (including phenoxy) is 2. The van der Waals surface area contributed by atoms with E-state index in [1.807, 2.05) is 13.8 Å². The molecular weight excluding hydrogens is 254 g/mol. The Morgan fingerprint density at radius 1 is 1.45 bits per heavy atom. The van der Waals surface area contributed by atoms with Crippen LogP contribution in [0.15, 0.2) is 6.20 Å². The first-order valence-electron chi connectivity index (χ1n) is 7.60. The average molecular weight is 281 g/mol. The molecule has 0 aromatic carbocycles. The van der Waals surface area contributed by atoms with E-state index in [4.69, 9.17) is 9.47 Å².